The Morgan fingerprint density at radius 3 is 2.78 bits per heavy atom. The predicted octanol–water partition coefficient (Wildman–Crippen LogP) is 3.95. The Kier molecular flexibility index (Phi) is 3.72. The third-order valence-electron chi connectivity index (χ3n) is 2.68. The van der Waals surface area contributed by atoms with Crippen molar-refractivity contribution in [3.05, 3.63) is 58.4 Å². The molecule has 2 rings (SSSR count). The molecule has 0 amide bonds. The number of halogens is 2. The van der Waals surface area contributed by atoms with Gasteiger partial charge in [-0.1, -0.05) is 23.7 Å². The number of benzene rings is 2. The average Bonchev–Trinajstić information content (AvgIpc) is 2.33. The van der Waals surface area contributed by atoms with Crippen molar-refractivity contribution >= 4 is 17.3 Å². The lowest BCUT2D eigenvalue weighted by atomic mass is 10.2. The summed E-state index contributed by atoms with van der Waals surface area (Å²) in [6.07, 6.45) is 0. The maximum absolute atomic E-state index is 13.1. The van der Waals surface area contributed by atoms with E-state index in [1.165, 1.54) is 12.1 Å². The Morgan fingerprint density at radius 1 is 1.28 bits per heavy atom. The summed E-state index contributed by atoms with van der Waals surface area (Å²) in [5.74, 6) is 0.164. The first-order valence-electron chi connectivity index (χ1n) is 5.50. The summed E-state index contributed by atoms with van der Waals surface area (Å²) in [6, 6.07) is 9.68. The minimum Gasteiger partial charge on any atom is -0.488 e. The molecule has 0 saturated heterocycles. The first-order valence-corrected chi connectivity index (χ1v) is 5.87. The number of nitrogens with two attached hydrogens (primary N) is 1. The van der Waals surface area contributed by atoms with E-state index in [0.717, 1.165) is 5.56 Å². The van der Waals surface area contributed by atoms with Gasteiger partial charge in [0.2, 0.25) is 0 Å². The Labute approximate surface area is 110 Å². The molecule has 0 spiro atoms. The quantitative estimate of drug-likeness (QED) is 0.853. The first kappa shape index (κ1) is 12.7. The van der Waals surface area contributed by atoms with Gasteiger partial charge in [-0.15, -0.1) is 0 Å². The van der Waals surface area contributed by atoms with Gasteiger partial charge in [0.1, 0.15) is 18.2 Å². The molecule has 0 aromatic heterocycles. The summed E-state index contributed by atoms with van der Waals surface area (Å²) in [5.41, 5.74) is 7.96. The van der Waals surface area contributed by atoms with Crippen molar-refractivity contribution in [3.8, 4) is 5.75 Å². The normalized spacial score (nSPS) is 10.4. The molecule has 0 unspecified atom stereocenters. The summed E-state index contributed by atoms with van der Waals surface area (Å²) >= 11 is 6.03. The van der Waals surface area contributed by atoms with Crippen LogP contribution in [0.25, 0.3) is 0 Å². The fourth-order valence-corrected chi connectivity index (χ4v) is 1.84. The summed E-state index contributed by atoms with van der Waals surface area (Å²) in [7, 11) is 0. The van der Waals surface area contributed by atoms with Crippen LogP contribution in [0, 0.1) is 12.7 Å². The topological polar surface area (TPSA) is 35.2 Å². The maximum Gasteiger partial charge on any atom is 0.126 e. The van der Waals surface area contributed by atoms with E-state index in [-0.39, 0.29) is 12.4 Å². The highest BCUT2D eigenvalue weighted by Crippen LogP contribution is 2.25. The molecule has 18 heavy (non-hydrogen) atoms. The second-order valence-electron chi connectivity index (χ2n) is 4.01. The molecule has 0 aliphatic heterocycles. The van der Waals surface area contributed by atoms with Gasteiger partial charge in [0.15, 0.2) is 0 Å². The van der Waals surface area contributed by atoms with Crippen LogP contribution in [-0.4, -0.2) is 0 Å². The Balaban J connectivity index is 2.19. The molecule has 2 aromatic rings. The molecule has 0 aliphatic rings. The van der Waals surface area contributed by atoms with Crippen molar-refractivity contribution in [2.75, 3.05) is 5.73 Å². The van der Waals surface area contributed by atoms with Gasteiger partial charge in [-0.2, -0.15) is 0 Å². The third kappa shape index (κ3) is 2.74. The maximum atomic E-state index is 13.1. The number of hydrogen-bond donors (Lipinski definition) is 1. The SMILES string of the molecule is Cc1ccc(F)cc1OCc1c(N)cccc1Cl. The van der Waals surface area contributed by atoms with Gasteiger partial charge in [-0.05, 0) is 30.7 Å². The van der Waals surface area contributed by atoms with Crippen molar-refractivity contribution < 1.29 is 9.13 Å². The molecule has 0 radical (unpaired) electrons. The Morgan fingerprint density at radius 2 is 2.06 bits per heavy atom. The van der Waals surface area contributed by atoms with Gasteiger partial charge in [-0.3, -0.25) is 0 Å². The molecule has 4 heteroatoms. The van der Waals surface area contributed by atoms with Crippen molar-refractivity contribution in [2.45, 2.75) is 13.5 Å². The van der Waals surface area contributed by atoms with Crippen molar-refractivity contribution in [3.63, 3.8) is 0 Å². The molecular formula is C14H13ClFNO. The van der Waals surface area contributed by atoms with Crippen LogP contribution in [0.1, 0.15) is 11.1 Å². The van der Waals surface area contributed by atoms with Crippen LogP contribution in [0.5, 0.6) is 5.75 Å². The van der Waals surface area contributed by atoms with E-state index in [0.29, 0.717) is 22.0 Å². The second-order valence-corrected chi connectivity index (χ2v) is 4.41. The minimum atomic E-state index is -0.331. The molecule has 94 valence electrons. The molecule has 0 bridgehead atoms. The van der Waals surface area contributed by atoms with Crippen LogP contribution >= 0.6 is 11.6 Å². The zero-order valence-corrected chi connectivity index (χ0v) is 10.7. The van der Waals surface area contributed by atoms with E-state index in [4.69, 9.17) is 22.1 Å². The highest BCUT2D eigenvalue weighted by atomic mass is 35.5. The smallest absolute Gasteiger partial charge is 0.126 e. The van der Waals surface area contributed by atoms with Gasteiger partial charge >= 0.3 is 0 Å². The lowest BCUT2D eigenvalue weighted by Gasteiger charge is -2.12. The van der Waals surface area contributed by atoms with Crippen LogP contribution in [0.2, 0.25) is 5.02 Å². The van der Waals surface area contributed by atoms with Crippen LogP contribution in [0.4, 0.5) is 10.1 Å². The van der Waals surface area contributed by atoms with Gasteiger partial charge < -0.3 is 10.5 Å². The van der Waals surface area contributed by atoms with E-state index in [2.05, 4.69) is 0 Å². The zero-order chi connectivity index (χ0) is 13.1. The average molecular weight is 266 g/mol. The van der Waals surface area contributed by atoms with Gasteiger partial charge in [0, 0.05) is 22.3 Å². The van der Waals surface area contributed by atoms with E-state index >= 15 is 0 Å². The largest absolute Gasteiger partial charge is 0.488 e. The third-order valence-corrected chi connectivity index (χ3v) is 3.03. The number of nitrogen functional groups attached to an aromatic ring is 1. The fraction of sp³-hybridized carbons (Fsp3) is 0.143. The van der Waals surface area contributed by atoms with Crippen LogP contribution in [-0.2, 0) is 6.61 Å². The molecular weight excluding hydrogens is 253 g/mol. The summed E-state index contributed by atoms with van der Waals surface area (Å²) in [4.78, 5) is 0. The number of anilines is 1. The second kappa shape index (κ2) is 5.27. The van der Waals surface area contributed by atoms with Crippen molar-refractivity contribution in [1.29, 1.82) is 0 Å². The molecule has 0 heterocycles. The molecule has 2 N–H and O–H groups in total. The van der Waals surface area contributed by atoms with Crippen LogP contribution < -0.4 is 10.5 Å². The molecule has 2 aromatic carbocycles. The first-order chi connectivity index (χ1) is 8.58. The minimum absolute atomic E-state index is 0.218. The van der Waals surface area contributed by atoms with E-state index in [1.807, 2.05) is 6.92 Å². The fourth-order valence-electron chi connectivity index (χ4n) is 1.61. The summed E-state index contributed by atoms with van der Waals surface area (Å²) in [5, 5.41) is 0.545. The molecule has 2 nitrogen and oxygen atoms in total. The molecule has 0 saturated carbocycles. The van der Waals surface area contributed by atoms with E-state index in [1.54, 1.807) is 24.3 Å². The molecule has 0 fully saturated rings. The van der Waals surface area contributed by atoms with Crippen LogP contribution in [0.3, 0.4) is 0 Å². The number of aryl methyl sites for hydroxylation is 1. The summed E-state index contributed by atoms with van der Waals surface area (Å²) in [6.45, 7) is 2.07. The number of ether oxygens (including phenoxy) is 1. The predicted molar refractivity (Wildman–Crippen MR) is 71.3 cm³/mol. The van der Waals surface area contributed by atoms with Crippen LogP contribution in [0.15, 0.2) is 36.4 Å². The molecule has 0 aliphatic carbocycles. The van der Waals surface area contributed by atoms with Gasteiger partial charge in [-0.25, -0.2) is 4.39 Å². The highest BCUT2D eigenvalue weighted by Gasteiger charge is 2.07. The van der Waals surface area contributed by atoms with E-state index in [9.17, 15) is 4.39 Å². The Bertz CT molecular complexity index is 551. The lowest BCUT2D eigenvalue weighted by Crippen LogP contribution is -2.02. The lowest BCUT2D eigenvalue weighted by molar-refractivity contribution is 0.303. The standard InChI is InChI=1S/C14H13ClFNO/c1-9-5-6-10(16)7-14(9)18-8-11-12(15)3-2-4-13(11)17/h2-7H,8,17H2,1H3. The van der Waals surface area contributed by atoms with Gasteiger partial charge in [0.05, 0.1) is 0 Å². The number of rotatable bonds is 3. The highest BCUT2D eigenvalue weighted by molar-refractivity contribution is 6.31. The monoisotopic (exact) mass is 265 g/mol. The summed E-state index contributed by atoms with van der Waals surface area (Å²) < 4.78 is 18.7. The van der Waals surface area contributed by atoms with Gasteiger partial charge in [0.25, 0.3) is 0 Å². The van der Waals surface area contributed by atoms with E-state index < -0.39 is 0 Å². The van der Waals surface area contributed by atoms with Crippen molar-refractivity contribution in [2.24, 2.45) is 0 Å². The zero-order valence-electron chi connectivity index (χ0n) is 9.91. The van der Waals surface area contributed by atoms with Crippen molar-refractivity contribution in [1.82, 2.24) is 0 Å². The number of hydrogen-bond acceptors (Lipinski definition) is 2. The Hall–Kier alpha value is -1.74. The molecule has 0 atom stereocenters.